The Hall–Kier alpha value is -2.30. The van der Waals surface area contributed by atoms with Gasteiger partial charge in [0.2, 0.25) is 0 Å². The molecule has 4 heteroatoms. The van der Waals surface area contributed by atoms with E-state index in [0.717, 1.165) is 43.5 Å². The molecule has 0 saturated carbocycles. The Kier molecular flexibility index (Phi) is 4.47. The minimum Gasteiger partial charge on any atom is -0.395 e. The number of aliphatic hydroxyl groups is 1. The van der Waals surface area contributed by atoms with Crippen LogP contribution in [-0.4, -0.2) is 39.7 Å². The van der Waals surface area contributed by atoms with Crippen molar-refractivity contribution in [2.24, 2.45) is 0 Å². The predicted octanol–water partition coefficient (Wildman–Crippen LogP) is 3.16. The summed E-state index contributed by atoms with van der Waals surface area (Å²) in [4.78, 5) is 11.2. The Bertz CT molecular complexity index is 842. The highest BCUT2D eigenvalue weighted by atomic mass is 16.3. The zero-order chi connectivity index (χ0) is 17.1. The molecule has 1 aliphatic heterocycles. The smallest absolute Gasteiger partial charge is 0.0890 e. The molecule has 4 rings (SSSR count). The molecule has 1 aliphatic rings. The largest absolute Gasteiger partial charge is 0.395 e. The zero-order valence-corrected chi connectivity index (χ0v) is 14.3. The summed E-state index contributed by atoms with van der Waals surface area (Å²) >= 11 is 0. The van der Waals surface area contributed by atoms with Crippen LogP contribution in [0.2, 0.25) is 0 Å². The lowest BCUT2D eigenvalue weighted by atomic mass is 9.73. The van der Waals surface area contributed by atoms with Crippen LogP contribution in [0.1, 0.15) is 24.0 Å². The van der Waals surface area contributed by atoms with E-state index in [2.05, 4.69) is 51.3 Å². The van der Waals surface area contributed by atoms with Gasteiger partial charge < -0.3 is 5.11 Å². The minimum absolute atomic E-state index is 0.0907. The van der Waals surface area contributed by atoms with E-state index >= 15 is 0 Å². The highest BCUT2D eigenvalue weighted by molar-refractivity contribution is 5.74. The van der Waals surface area contributed by atoms with Crippen molar-refractivity contribution in [2.75, 3.05) is 19.7 Å². The summed E-state index contributed by atoms with van der Waals surface area (Å²) < 4.78 is 0. The third-order valence-electron chi connectivity index (χ3n) is 5.44. The van der Waals surface area contributed by atoms with Crippen LogP contribution in [0, 0.1) is 0 Å². The Morgan fingerprint density at radius 2 is 1.64 bits per heavy atom. The van der Waals surface area contributed by atoms with Crippen LogP contribution in [0.5, 0.6) is 0 Å². The van der Waals surface area contributed by atoms with Gasteiger partial charge in [-0.3, -0.25) is 14.9 Å². The first-order valence-corrected chi connectivity index (χ1v) is 8.87. The van der Waals surface area contributed by atoms with Crippen LogP contribution >= 0.6 is 0 Å². The van der Waals surface area contributed by atoms with Crippen molar-refractivity contribution in [1.82, 2.24) is 14.9 Å². The summed E-state index contributed by atoms with van der Waals surface area (Å²) in [5.41, 5.74) is 4.33. The number of aromatic nitrogens is 2. The van der Waals surface area contributed by atoms with Gasteiger partial charge in [-0.25, -0.2) is 0 Å². The van der Waals surface area contributed by atoms with Crippen molar-refractivity contribution < 1.29 is 5.11 Å². The van der Waals surface area contributed by atoms with E-state index in [1.807, 2.05) is 12.1 Å². The second kappa shape index (κ2) is 6.90. The van der Waals surface area contributed by atoms with Gasteiger partial charge in [-0.05, 0) is 49.2 Å². The van der Waals surface area contributed by atoms with Gasteiger partial charge in [0.15, 0.2) is 0 Å². The lowest BCUT2D eigenvalue weighted by Crippen LogP contribution is -2.44. The monoisotopic (exact) mass is 333 g/mol. The number of aliphatic hydroxyl groups excluding tert-OH is 1. The fraction of sp³-hybridized carbons (Fsp3) is 0.333. The number of piperidine rings is 1. The molecule has 0 radical (unpaired) electrons. The molecule has 0 unspecified atom stereocenters. The van der Waals surface area contributed by atoms with Gasteiger partial charge in [0, 0.05) is 24.4 Å². The number of benzene rings is 2. The van der Waals surface area contributed by atoms with Crippen LogP contribution in [-0.2, 0) is 12.0 Å². The Balaban J connectivity index is 1.46. The minimum atomic E-state index is -0.0907. The molecule has 0 aliphatic carbocycles. The Labute approximate surface area is 148 Å². The van der Waals surface area contributed by atoms with E-state index in [9.17, 15) is 5.11 Å². The first kappa shape index (κ1) is 16.2. The molecule has 25 heavy (non-hydrogen) atoms. The number of nitrogens with zero attached hydrogens (tertiary/aromatic N) is 3. The number of fused-ring (bicyclic) bond motifs is 1. The lowest BCUT2D eigenvalue weighted by molar-refractivity contribution is 0.0974. The molecule has 0 amide bonds. The molecular weight excluding hydrogens is 310 g/mol. The molecule has 3 aromatic rings. The third kappa shape index (κ3) is 3.28. The zero-order valence-electron chi connectivity index (χ0n) is 14.3. The lowest BCUT2D eigenvalue weighted by Gasteiger charge is -2.41. The van der Waals surface area contributed by atoms with E-state index in [1.165, 1.54) is 11.1 Å². The van der Waals surface area contributed by atoms with Crippen molar-refractivity contribution in [3.8, 4) is 0 Å². The molecule has 0 bridgehead atoms. The molecule has 1 fully saturated rings. The van der Waals surface area contributed by atoms with Crippen LogP contribution in [0.4, 0.5) is 0 Å². The molecule has 4 nitrogen and oxygen atoms in total. The van der Waals surface area contributed by atoms with Crippen LogP contribution in [0.3, 0.4) is 0 Å². The topological polar surface area (TPSA) is 49.2 Å². The molecule has 0 spiro atoms. The van der Waals surface area contributed by atoms with Crippen molar-refractivity contribution in [3.63, 3.8) is 0 Å². The molecular formula is C21H23N3O. The first-order chi connectivity index (χ1) is 12.3. The molecule has 1 saturated heterocycles. The van der Waals surface area contributed by atoms with E-state index in [1.54, 1.807) is 12.4 Å². The quantitative estimate of drug-likeness (QED) is 0.797. The van der Waals surface area contributed by atoms with Gasteiger partial charge in [0.05, 0.1) is 17.6 Å². The molecule has 1 aromatic heterocycles. The predicted molar refractivity (Wildman–Crippen MR) is 99.3 cm³/mol. The SMILES string of the molecule is OCC1(c2ccccc2)CCN(Cc2ccc3nccnc3c2)CC1. The number of likely N-dealkylation sites (tertiary alicyclic amines) is 1. The van der Waals surface area contributed by atoms with E-state index in [4.69, 9.17) is 0 Å². The molecule has 2 aromatic carbocycles. The summed E-state index contributed by atoms with van der Waals surface area (Å²) in [7, 11) is 0. The van der Waals surface area contributed by atoms with Gasteiger partial charge in [0.25, 0.3) is 0 Å². The van der Waals surface area contributed by atoms with Crippen molar-refractivity contribution in [2.45, 2.75) is 24.8 Å². The fourth-order valence-corrected chi connectivity index (χ4v) is 3.83. The van der Waals surface area contributed by atoms with Gasteiger partial charge >= 0.3 is 0 Å². The van der Waals surface area contributed by atoms with Crippen LogP contribution in [0.15, 0.2) is 60.9 Å². The van der Waals surface area contributed by atoms with E-state index in [-0.39, 0.29) is 12.0 Å². The van der Waals surface area contributed by atoms with Crippen molar-refractivity contribution in [3.05, 3.63) is 72.1 Å². The van der Waals surface area contributed by atoms with Crippen molar-refractivity contribution >= 4 is 11.0 Å². The van der Waals surface area contributed by atoms with Gasteiger partial charge in [0.1, 0.15) is 0 Å². The Morgan fingerprint density at radius 3 is 2.36 bits per heavy atom. The number of hydrogen-bond donors (Lipinski definition) is 1. The molecule has 2 heterocycles. The Morgan fingerprint density at radius 1 is 0.920 bits per heavy atom. The van der Waals surface area contributed by atoms with Gasteiger partial charge in [-0.1, -0.05) is 36.4 Å². The van der Waals surface area contributed by atoms with E-state index in [0.29, 0.717) is 0 Å². The normalized spacial score (nSPS) is 17.6. The summed E-state index contributed by atoms with van der Waals surface area (Å²) in [6, 6.07) is 16.8. The van der Waals surface area contributed by atoms with Crippen molar-refractivity contribution in [1.29, 1.82) is 0 Å². The maximum Gasteiger partial charge on any atom is 0.0890 e. The van der Waals surface area contributed by atoms with Crippen LogP contribution < -0.4 is 0 Å². The fourth-order valence-electron chi connectivity index (χ4n) is 3.83. The summed E-state index contributed by atoms with van der Waals surface area (Å²) in [5, 5.41) is 10.1. The molecule has 0 atom stereocenters. The van der Waals surface area contributed by atoms with Crippen LogP contribution in [0.25, 0.3) is 11.0 Å². The third-order valence-corrected chi connectivity index (χ3v) is 5.44. The average molecular weight is 333 g/mol. The number of rotatable bonds is 4. The first-order valence-electron chi connectivity index (χ1n) is 8.87. The van der Waals surface area contributed by atoms with Gasteiger partial charge in [-0.15, -0.1) is 0 Å². The maximum atomic E-state index is 10.1. The van der Waals surface area contributed by atoms with Gasteiger partial charge in [-0.2, -0.15) is 0 Å². The standard InChI is InChI=1S/C21H23N3O/c25-16-21(18-4-2-1-3-5-18)8-12-24(13-9-21)15-17-6-7-19-20(14-17)23-11-10-22-19/h1-7,10-11,14,25H,8-9,12-13,15-16H2. The average Bonchev–Trinajstić information content (AvgIpc) is 2.69. The summed E-state index contributed by atoms with van der Waals surface area (Å²) in [6.45, 7) is 3.13. The summed E-state index contributed by atoms with van der Waals surface area (Å²) in [5.74, 6) is 0. The summed E-state index contributed by atoms with van der Waals surface area (Å²) in [6.07, 6.45) is 5.44. The second-order valence-corrected chi connectivity index (χ2v) is 6.96. The molecule has 128 valence electrons. The highest BCUT2D eigenvalue weighted by Crippen LogP contribution is 2.35. The second-order valence-electron chi connectivity index (χ2n) is 6.96. The number of hydrogen-bond acceptors (Lipinski definition) is 4. The highest BCUT2D eigenvalue weighted by Gasteiger charge is 2.35. The van der Waals surface area contributed by atoms with E-state index < -0.39 is 0 Å². The molecule has 1 N–H and O–H groups in total. The maximum absolute atomic E-state index is 10.1.